The summed E-state index contributed by atoms with van der Waals surface area (Å²) < 4.78 is 0. The van der Waals surface area contributed by atoms with Gasteiger partial charge in [0.1, 0.15) is 5.01 Å². The van der Waals surface area contributed by atoms with Crippen LogP contribution in [0.15, 0.2) is 54.0 Å². The molecule has 0 atom stereocenters. The summed E-state index contributed by atoms with van der Waals surface area (Å²) in [7, 11) is 0. The number of nitrogens with zero attached hydrogens (tertiary/aromatic N) is 2. The van der Waals surface area contributed by atoms with Crippen molar-refractivity contribution in [1.29, 1.82) is 0 Å². The van der Waals surface area contributed by atoms with Gasteiger partial charge in [0.2, 0.25) is 0 Å². The van der Waals surface area contributed by atoms with Crippen LogP contribution in [0.5, 0.6) is 0 Å². The van der Waals surface area contributed by atoms with Gasteiger partial charge in [0.05, 0.1) is 5.69 Å². The number of thiazole rings is 1. The van der Waals surface area contributed by atoms with Gasteiger partial charge in [-0.05, 0) is 18.6 Å². The van der Waals surface area contributed by atoms with Crippen molar-refractivity contribution in [3.8, 4) is 21.8 Å². The highest BCUT2D eigenvalue weighted by Gasteiger charge is 2.07. The lowest BCUT2D eigenvalue weighted by Gasteiger charge is -2.00. The number of pyridine rings is 1. The largest absolute Gasteiger partial charge is 1.00 e. The quantitative estimate of drug-likeness (QED) is 0.710. The summed E-state index contributed by atoms with van der Waals surface area (Å²) in [6, 6.07) is 14.5. The van der Waals surface area contributed by atoms with Crippen LogP contribution in [0.3, 0.4) is 0 Å². The number of aromatic nitrogens is 2. The van der Waals surface area contributed by atoms with Gasteiger partial charge < -0.3 is 17.0 Å². The maximum atomic E-state index is 4.74. The second-order valence-corrected chi connectivity index (χ2v) is 5.55. The number of benzene rings is 1. The van der Waals surface area contributed by atoms with E-state index in [0.29, 0.717) is 0 Å². The van der Waals surface area contributed by atoms with Gasteiger partial charge in [0.15, 0.2) is 0 Å². The summed E-state index contributed by atoms with van der Waals surface area (Å²) in [6.07, 6.45) is 4.01. The Morgan fingerprint density at radius 3 is 2.62 bits per heavy atom. The van der Waals surface area contributed by atoms with Gasteiger partial charge in [-0.25, -0.2) is 4.98 Å². The van der Waals surface area contributed by atoms with E-state index in [1.165, 1.54) is 0 Å². The first-order chi connectivity index (χ1) is 9.86. The number of hydrogen-bond acceptors (Lipinski definition) is 3. The Hall–Kier alpha value is -1.52. The number of halogens is 1. The fourth-order valence-electron chi connectivity index (χ4n) is 2.15. The highest BCUT2D eigenvalue weighted by Crippen LogP contribution is 2.28. The molecule has 0 radical (unpaired) electrons. The smallest absolute Gasteiger partial charge is 0.124 e. The predicted molar refractivity (Wildman–Crippen MR) is 84.8 cm³/mol. The fourth-order valence-corrected chi connectivity index (χ4v) is 2.98. The molecule has 0 saturated heterocycles. The topological polar surface area (TPSA) is 25.8 Å². The molecule has 0 aliphatic rings. The number of rotatable bonds is 4. The van der Waals surface area contributed by atoms with Crippen LogP contribution in [-0.4, -0.2) is 9.97 Å². The zero-order chi connectivity index (χ0) is 13.8. The zero-order valence-corrected chi connectivity index (χ0v) is 14.2. The van der Waals surface area contributed by atoms with E-state index in [9.17, 15) is 0 Å². The monoisotopic (exact) mass is 359 g/mol. The van der Waals surface area contributed by atoms with Gasteiger partial charge >= 0.3 is 0 Å². The van der Waals surface area contributed by atoms with E-state index >= 15 is 0 Å². The van der Waals surface area contributed by atoms with Gasteiger partial charge in [-0.2, -0.15) is 0 Å². The molecule has 3 rings (SSSR count). The van der Waals surface area contributed by atoms with Crippen LogP contribution in [0.4, 0.5) is 0 Å². The van der Waals surface area contributed by atoms with Gasteiger partial charge in [-0.15, -0.1) is 11.3 Å². The van der Waals surface area contributed by atoms with E-state index in [1.807, 2.05) is 30.5 Å². The Balaban J connectivity index is 0.00000161. The third kappa shape index (κ3) is 3.77. The second kappa shape index (κ2) is 7.48. The summed E-state index contributed by atoms with van der Waals surface area (Å²) in [5.74, 6) is 0. The minimum atomic E-state index is 0. The molecule has 3 aromatic rings. The maximum Gasteiger partial charge on any atom is 0.124 e. The Morgan fingerprint density at radius 2 is 1.86 bits per heavy atom. The van der Waals surface area contributed by atoms with Crippen molar-refractivity contribution >= 4 is 11.3 Å². The summed E-state index contributed by atoms with van der Waals surface area (Å²) in [5, 5.41) is 3.17. The van der Waals surface area contributed by atoms with Crippen LogP contribution in [0.2, 0.25) is 0 Å². The summed E-state index contributed by atoms with van der Waals surface area (Å²) in [4.78, 5) is 9.14. The molecule has 2 heterocycles. The number of aryl methyl sites for hydroxylation is 1. The van der Waals surface area contributed by atoms with E-state index in [2.05, 4.69) is 35.5 Å². The summed E-state index contributed by atoms with van der Waals surface area (Å²) in [6.45, 7) is 2.17. The molecule has 0 aliphatic heterocycles. The SMILES string of the molecule is CCCc1cc(-c2nc(-c3ccccc3)cs2)ccn1.[Br-]. The standard InChI is InChI=1S/C17H16N2S.BrH/c1-2-6-15-11-14(9-10-18-15)17-19-16(12-20-17)13-7-4-3-5-8-13;/h3-5,7-12H,2,6H2,1H3;1H/p-1. The van der Waals surface area contributed by atoms with Crippen molar-refractivity contribution in [2.75, 3.05) is 0 Å². The first-order valence-corrected chi connectivity index (χ1v) is 7.71. The first-order valence-electron chi connectivity index (χ1n) is 6.83. The normalized spacial score (nSPS) is 10.1. The second-order valence-electron chi connectivity index (χ2n) is 4.69. The lowest BCUT2D eigenvalue weighted by atomic mass is 10.1. The van der Waals surface area contributed by atoms with Gasteiger partial charge in [-0.1, -0.05) is 43.7 Å². The average molecular weight is 360 g/mol. The van der Waals surface area contributed by atoms with Gasteiger partial charge in [0, 0.05) is 28.4 Å². The highest BCUT2D eigenvalue weighted by atomic mass is 79.9. The molecule has 0 N–H and O–H groups in total. The van der Waals surface area contributed by atoms with E-state index in [1.54, 1.807) is 11.3 Å². The molecule has 0 bridgehead atoms. The Morgan fingerprint density at radius 1 is 1.05 bits per heavy atom. The Labute approximate surface area is 139 Å². The molecule has 0 unspecified atom stereocenters. The molecule has 0 fully saturated rings. The van der Waals surface area contributed by atoms with Crippen molar-refractivity contribution < 1.29 is 17.0 Å². The van der Waals surface area contributed by atoms with E-state index in [-0.39, 0.29) is 17.0 Å². The molecular weight excluding hydrogens is 344 g/mol. The molecule has 2 aromatic heterocycles. The average Bonchev–Trinajstić information content (AvgIpc) is 2.99. The van der Waals surface area contributed by atoms with Gasteiger partial charge in [0.25, 0.3) is 0 Å². The van der Waals surface area contributed by atoms with Crippen LogP contribution in [0, 0.1) is 0 Å². The van der Waals surface area contributed by atoms with E-state index < -0.39 is 0 Å². The van der Waals surface area contributed by atoms with Crippen molar-refractivity contribution in [2.45, 2.75) is 19.8 Å². The Kier molecular flexibility index (Phi) is 5.65. The maximum absolute atomic E-state index is 4.74. The van der Waals surface area contributed by atoms with Crippen LogP contribution >= 0.6 is 11.3 Å². The van der Waals surface area contributed by atoms with Crippen molar-refractivity contribution in [1.82, 2.24) is 9.97 Å². The third-order valence-electron chi connectivity index (χ3n) is 3.14. The number of hydrogen-bond donors (Lipinski definition) is 0. The molecule has 2 nitrogen and oxygen atoms in total. The lowest BCUT2D eigenvalue weighted by Crippen LogP contribution is -3.00. The van der Waals surface area contributed by atoms with E-state index in [4.69, 9.17) is 4.98 Å². The fraction of sp³-hybridized carbons (Fsp3) is 0.176. The van der Waals surface area contributed by atoms with Crippen molar-refractivity contribution in [3.05, 3.63) is 59.7 Å². The minimum absolute atomic E-state index is 0. The molecule has 108 valence electrons. The molecule has 0 spiro atoms. The zero-order valence-electron chi connectivity index (χ0n) is 11.8. The lowest BCUT2D eigenvalue weighted by molar-refractivity contribution is -0.00000410. The Bertz CT molecular complexity index is 695. The van der Waals surface area contributed by atoms with Crippen LogP contribution in [0.1, 0.15) is 19.0 Å². The molecule has 4 heteroatoms. The summed E-state index contributed by atoms with van der Waals surface area (Å²) in [5.41, 5.74) is 4.51. The highest BCUT2D eigenvalue weighted by molar-refractivity contribution is 7.13. The van der Waals surface area contributed by atoms with Crippen LogP contribution in [0.25, 0.3) is 21.8 Å². The van der Waals surface area contributed by atoms with Crippen LogP contribution in [-0.2, 0) is 6.42 Å². The van der Waals surface area contributed by atoms with Crippen molar-refractivity contribution in [2.24, 2.45) is 0 Å². The minimum Gasteiger partial charge on any atom is -1.00 e. The summed E-state index contributed by atoms with van der Waals surface area (Å²) >= 11 is 1.69. The van der Waals surface area contributed by atoms with Gasteiger partial charge in [-0.3, -0.25) is 4.98 Å². The first kappa shape index (κ1) is 15.9. The molecule has 0 amide bonds. The molecule has 21 heavy (non-hydrogen) atoms. The van der Waals surface area contributed by atoms with Crippen LogP contribution < -0.4 is 17.0 Å². The molecular formula is C17H16BrN2S-. The predicted octanol–water partition coefficient (Wildman–Crippen LogP) is 1.83. The van der Waals surface area contributed by atoms with Crippen molar-refractivity contribution in [3.63, 3.8) is 0 Å². The third-order valence-corrected chi connectivity index (χ3v) is 4.03. The molecule has 0 aliphatic carbocycles. The molecule has 0 saturated carbocycles. The molecule has 1 aromatic carbocycles. The van der Waals surface area contributed by atoms with E-state index in [0.717, 1.165) is 40.4 Å².